The second-order valence-electron chi connectivity index (χ2n) is 4.97. The van der Waals surface area contributed by atoms with Crippen molar-refractivity contribution in [1.29, 1.82) is 0 Å². The summed E-state index contributed by atoms with van der Waals surface area (Å²) in [6.45, 7) is 3.48. The molecule has 1 amide bonds. The van der Waals surface area contributed by atoms with Crippen LogP contribution in [0.25, 0.3) is 0 Å². The van der Waals surface area contributed by atoms with Gasteiger partial charge >= 0.3 is 0 Å². The van der Waals surface area contributed by atoms with Crippen molar-refractivity contribution in [2.24, 2.45) is 0 Å². The molecule has 106 valence electrons. The fourth-order valence-corrected chi connectivity index (χ4v) is 2.90. The maximum Gasteiger partial charge on any atom is 0.220 e. The molecular weight excluding hydrogens is 260 g/mol. The summed E-state index contributed by atoms with van der Waals surface area (Å²) < 4.78 is 5.66. The van der Waals surface area contributed by atoms with Gasteiger partial charge in [0.2, 0.25) is 5.91 Å². The largest absolute Gasteiger partial charge is 0.375 e. The van der Waals surface area contributed by atoms with Crippen LogP contribution in [0.4, 0.5) is 0 Å². The van der Waals surface area contributed by atoms with E-state index in [1.165, 1.54) is 4.88 Å². The zero-order chi connectivity index (χ0) is 13.5. The van der Waals surface area contributed by atoms with E-state index >= 15 is 0 Å². The Labute approximate surface area is 118 Å². The highest BCUT2D eigenvalue weighted by Gasteiger charge is 2.17. The fourth-order valence-electron chi connectivity index (χ4n) is 2.19. The Balaban J connectivity index is 1.56. The van der Waals surface area contributed by atoms with Gasteiger partial charge in [0.15, 0.2) is 0 Å². The summed E-state index contributed by atoms with van der Waals surface area (Å²) in [5.74, 6) is 0.137. The summed E-state index contributed by atoms with van der Waals surface area (Å²) in [7, 11) is 2.11. The predicted octanol–water partition coefficient (Wildman–Crippen LogP) is 1.52. The van der Waals surface area contributed by atoms with E-state index in [9.17, 15) is 4.79 Å². The smallest absolute Gasteiger partial charge is 0.220 e. The molecule has 0 saturated carbocycles. The summed E-state index contributed by atoms with van der Waals surface area (Å²) in [5.41, 5.74) is 0. The molecule has 0 radical (unpaired) electrons. The average molecular weight is 282 g/mol. The van der Waals surface area contributed by atoms with Crippen molar-refractivity contribution in [3.05, 3.63) is 22.4 Å². The third kappa shape index (κ3) is 5.30. The lowest BCUT2D eigenvalue weighted by Gasteiger charge is -2.30. The van der Waals surface area contributed by atoms with Crippen molar-refractivity contribution in [3.8, 4) is 0 Å². The van der Waals surface area contributed by atoms with Gasteiger partial charge in [-0.05, 0) is 31.3 Å². The maximum absolute atomic E-state index is 11.7. The van der Waals surface area contributed by atoms with Gasteiger partial charge in [0, 0.05) is 30.9 Å². The van der Waals surface area contributed by atoms with E-state index in [-0.39, 0.29) is 12.0 Å². The number of carbonyl (C=O) groups is 1. The van der Waals surface area contributed by atoms with E-state index in [1.54, 1.807) is 11.3 Å². The number of hydrogen-bond donors (Lipinski definition) is 1. The second-order valence-corrected chi connectivity index (χ2v) is 6.01. The number of nitrogens with one attached hydrogen (secondary N) is 1. The predicted molar refractivity (Wildman–Crippen MR) is 77.5 cm³/mol. The quantitative estimate of drug-likeness (QED) is 0.860. The minimum absolute atomic E-state index is 0.137. The highest BCUT2D eigenvalue weighted by molar-refractivity contribution is 7.09. The number of amides is 1. The standard InChI is InChI=1S/C14H22N2O2S/c1-16-8-9-18-12(11-16)6-7-15-14(17)5-4-13-3-2-10-19-13/h2-3,10,12H,4-9,11H2,1H3,(H,15,17). The molecule has 5 heteroatoms. The van der Waals surface area contributed by atoms with Gasteiger partial charge in [-0.2, -0.15) is 0 Å². The molecule has 0 aliphatic carbocycles. The number of morpholine rings is 1. The highest BCUT2D eigenvalue weighted by atomic mass is 32.1. The first kappa shape index (κ1) is 14.5. The minimum atomic E-state index is 0.137. The molecule has 1 saturated heterocycles. The molecule has 1 aromatic heterocycles. The zero-order valence-electron chi connectivity index (χ0n) is 11.4. The van der Waals surface area contributed by atoms with Crippen molar-refractivity contribution >= 4 is 17.2 Å². The first-order chi connectivity index (χ1) is 9.24. The molecular formula is C14H22N2O2S. The summed E-state index contributed by atoms with van der Waals surface area (Å²) in [5, 5.41) is 5.02. The Bertz CT molecular complexity index is 381. The number of ether oxygens (including phenoxy) is 1. The Hall–Kier alpha value is -0.910. The van der Waals surface area contributed by atoms with Gasteiger partial charge in [0.25, 0.3) is 0 Å². The average Bonchev–Trinajstić information content (AvgIpc) is 2.89. The summed E-state index contributed by atoms with van der Waals surface area (Å²) in [6.07, 6.45) is 2.57. The summed E-state index contributed by atoms with van der Waals surface area (Å²) >= 11 is 1.71. The second kappa shape index (κ2) is 7.62. The lowest BCUT2D eigenvalue weighted by atomic mass is 10.2. The van der Waals surface area contributed by atoms with Crippen LogP contribution in [0.3, 0.4) is 0 Å². The van der Waals surface area contributed by atoms with Crippen molar-refractivity contribution in [3.63, 3.8) is 0 Å². The molecule has 0 spiro atoms. The van der Waals surface area contributed by atoms with Crippen LogP contribution >= 0.6 is 11.3 Å². The van der Waals surface area contributed by atoms with Gasteiger partial charge in [0.05, 0.1) is 12.7 Å². The molecule has 1 aliphatic rings. The van der Waals surface area contributed by atoms with Crippen LogP contribution in [-0.2, 0) is 16.0 Å². The molecule has 1 aliphatic heterocycles. The van der Waals surface area contributed by atoms with E-state index in [4.69, 9.17) is 4.74 Å². The third-order valence-electron chi connectivity index (χ3n) is 3.31. The monoisotopic (exact) mass is 282 g/mol. The van der Waals surface area contributed by atoms with E-state index in [1.807, 2.05) is 11.4 Å². The maximum atomic E-state index is 11.7. The molecule has 19 heavy (non-hydrogen) atoms. The van der Waals surface area contributed by atoms with Crippen molar-refractivity contribution < 1.29 is 9.53 Å². The van der Waals surface area contributed by atoms with Gasteiger partial charge in [-0.25, -0.2) is 0 Å². The molecule has 0 aromatic carbocycles. The van der Waals surface area contributed by atoms with Crippen LogP contribution < -0.4 is 5.32 Å². The number of aryl methyl sites for hydroxylation is 1. The van der Waals surface area contributed by atoms with Crippen LogP contribution in [0.15, 0.2) is 17.5 Å². The Morgan fingerprint density at radius 2 is 2.53 bits per heavy atom. The molecule has 2 rings (SSSR count). The van der Waals surface area contributed by atoms with Crippen LogP contribution in [-0.4, -0.2) is 50.2 Å². The number of nitrogens with zero attached hydrogens (tertiary/aromatic N) is 1. The number of carbonyl (C=O) groups excluding carboxylic acids is 1. The number of hydrogen-bond acceptors (Lipinski definition) is 4. The molecule has 1 unspecified atom stereocenters. The van der Waals surface area contributed by atoms with Crippen molar-refractivity contribution in [1.82, 2.24) is 10.2 Å². The number of rotatable bonds is 6. The summed E-state index contributed by atoms with van der Waals surface area (Å²) in [6, 6.07) is 4.10. The van der Waals surface area contributed by atoms with Gasteiger partial charge < -0.3 is 15.0 Å². The lowest BCUT2D eigenvalue weighted by molar-refractivity contribution is -0.121. The van der Waals surface area contributed by atoms with Crippen LogP contribution in [0, 0.1) is 0 Å². The summed E-state index contributed by atoms with van der Waals surface area (Å²) in [4.78, 5) is 15.2. The Morgan fingerprint density at radius 3 is 3.26 bits per heavy atom. The van der Waals surface area contributed by atoms with Gasteiger partial charge in [0.1, 0.15) is 0 Å². The molecule has 4 nitrogen and oxygen atoms in total. The Kier molecular flexibility index (Phi) is 5.82. The topological polar surface area (TPSA) is 41.6 Å². The molecule has 1 atom stereocenters. The molecule has 1 fully saturated rings. The molecule has 2 heterocycles. The SMILES string of the molecule is CN1CCOC(CCNC(=O)CCc2cccs2)C1. The van der Waals surface area contributed by atoms with E-state index < -0.39 is 0 Å². The fraction of sp³-hybridized carbons (Fsp3) is 0.643. The zero-order valence-corrected chi connectivity index (χ0v) is 12.2. The molecule has 1 aromatic rings. The molecule has 0 bridgehead atoms. The van der Waals surface area contributed by atoms with Crippen molar-refractivity contribution in [2.45, 2.75) is 25.4 Å². The minimum Gasteiger partial charge on any atom is -0.375 e. The highest BCUT2D eigenvalue weighted by Crippen LogP contribution is 2.10. The first-order valence-electron chi connectivity index (χ1n) is 6.83. The van der Waals surface area contributed by atoms with Gasteiger partial charge in [-0.15, -0.1) is 11.3 Å². The Morgan fingerprint density at radius 1 is 1.63 bits per heavy atom. The van der Waals surface area contributed by atoms with E-state index in [0.717, 1.165) is 32.5 Å². The first-order valence-corrected chi connectivity index (χ1v) is 7.71. The number of likely N-dealkylation sites (N-methyl/N-ethyl adjacent to an activating group) is 1. The normalized spacial score (nSPS) is 20.4. The van der Waals surface area contributed by atoms with Gasteiger partial charge in [-0.1, -0.05) is 6.07 Å². The molecule has 1 N–H and O–H groups in total. The van der Waals surface area contributed by atoms with E-state index in [2.05, 4.69) is 23.3 Å². The number of thiophene rings is 1. The third-order valence-corrected chi connectivity index (χ3v) is 4.25. The van der Waals surface area contributed by atoms with Crippen LogP contribution in [0.2, 0.25) is 0 Å². The van der Waals surface area contributed by atoms with Crippen molar-refractivity contribution in [2.75, 3.05) is 33.3 Å². The van der Waals surface area contributed by atoms with Gasteiger partial charge in [-0.3, -0.25) is 4.79 Å². The van der Waals surface area contributed by atoms with E-state index in [0.29, 0.717) is 13.0 Å². The van der Waals surface area contributed by atoms with Crippen LogP contribution in [0.5, 0.6) is 0 Å². The lowest BCUT2D eigenvalue weighted by Crippen LogP contribution is -2.41. The van der Waals surface area contributed by atoms with Crippen LogP contribution in [0.1, 0.15) is 17.7 Å².